The van der Waals surface area contributed by atoms with Gasteiger partial charge in [0.05, 0.1) is 16.9 Å². The number of para-hydroxylation sites is 1. The molecule has 0 aromatic heterocycles. The van der Waals surface area contributed by atoms with E-state index in [1.165, 1.54) is 22.4 Å². The maximum absolute atomic E-state index is 13.4. The van der Waals surface area contributed by atoms with Gasteiger partial charge in [-0.15, -0.1) is 0 Å². The molecule has 1 aliphatic heterocycles. The van der Waals surface area contributed by atoms with Gasteiger partial charge >= 0.3 is 0 Å². The first kappa shape index (κ1) is 26.7. The summed E-state index contributed by atoms with van der Waals surface area (Å²) in [5.41, 5.74) is 8.88. The van der Waals surface area contributed by atoms with Crippen molar-refractivity contribution in [2.75, 3.05) is 4.90 Å². The summed E-state index contributed by atoms with van der Waals surface area (Å²) in [6.07, 6.45) is 1.75. The highest BCUT2D eigenvalue weighted by atomic mass is 32.1. The summed E-state index contributed by atoms with van der Waals surface area (Å²) in [6, 6.07) is 39.4. The molecule has 0 bridgehead atoms. The normalized spacial score (nSPS) is 15.0. The molecule has 0 unspecified atom stereocenters. The molecule has 3 nitrogen and oxygen atoms in total. The number of carbonyl (C=O) groups excluding carboxylic acids is 2. The Labute approximate surface area is 261 Å². The number of fused-ring (bicyclic) bond motifs is 6. The minimum Gasteiger partial charge on any atom is -0.310 e. The lowest BCUT2D eigenvalue weighted by atomic mass is 9.71. The van der Waals surface area contributed by atoms with Gasteiger partial charge in [-0.3, -0.25) is 9.59 Å². The summed E-state index contributed by atoms with van der Waals surface area (Å²) in [5.74, 6) is 0.279. The van der Waals surface area contributed by atoms with Crippen LogP contribution in [-0.2, 0) is 11.2 Å². The van der Waals surface area contributed by atoms with Crippen LogP contribution < -0.4 is 4.90 Å². The van der Waals surface area contributed by atoms with E-state index in [2.05, 4.69) is 104 Å². The Kier molecular flexibility index (Phi) is 5.94. The van der Waals surface area contributed by atoms with Gasteiger partial charge in [0.15, 0.2) is 11.6 Å². The average Bonchev–Trinajstić information content (AvgIpc) is 3.27. The van der Waals surface area contributed by atoms with Crippen LogP contribution in [0.25, 0.3) is 27.6 Å². The van der Waals surface area contributed by atoms with Gasteiger partial charge < -0.3 is 4.90 Å². The number of nitrogens with zero attached hydrogens (tertiary/aromatic N) is 1. The zero-order chi connectivity index (χ0) is 30.2. The van der Waals surface area contributed by atoms with Crippen molar-refractivity contribution in [3.63, 3.8) is 0 Å². The molecule has 6 aromatic rings. The molecule has 0 fully saturated rings. The number of carbonyl (C=O) groups is 2. The van der Waals surface area contributed by atoms with Crippen LogP contribution in [0.3, 0.4) is 0 Å². The minimum atomic E-state index is -0.256. The molecule has 0 spiro atoms. The van der Waals surface area contributed by atoms with Crippen LogP contribution in [0.2, 0.25) is 0 Å². The predicted octanol–water partition coefficient (Wildman–Crippen LogP) is 9.99. The fraction of sp³-hybridized carbons (Fsp3) is 0.100. The second-order valence-corrected chi connectivity index (χ2v) is 12.5. The Bertz CT molecular complexity index is 2170. The summed E-state index contributed by atoms with van der Waals surface area (Å²) < 4.78 is 0. The van der Waals surface area contributed by atoms with Crippen LogP contribution in [0.4, 0.5) is 17.1 Å². The number of hydrogen-bond acceptors (Lipinski definition) is 4. The number of thiol groups is 1. The Morgan fingerprint density at radius 1 is 0.682 bits per heavy atom. The zero-order valence-corrected chi connectivity index (χ0v) is 25.4. The van der Waals surface area contributed by atoms with Gasteiger partial charge in [0, 0.05) is 28.0 Å². The van der Waals surface area contributed by atoms with Crippen LogP contribution in [0.15, 0.2) is 121 Å². The maximum Gasteiger partial charge on any atom is 0.197 e. The van der Waals surface area contributed by atoms with Crippen LogP contribution >= 0.6 is 12.6 Å². The van der Waals surface area contributed by atoms with Gasteiger partial charge in [0.25, 0.3) is 0 Å². The quantitative estimate of drug-likeness (QED) is 0.127. The van der Waals surface area contributed by atoms with Gasteiger partial charge in [0.1, 0.15) is 0 Å². The number of hydrogen-bond donors (Lipinski definition) is 1. The lowest BCUT2D eigenvalue weighted by molar-refractivity contribution is 0.0990. The first-order valence-corrected chi connectivity index (χ1v) is 15.5. The SMILES string of the molecule is CC1(C)c2ccccc2N(c2ccc(CS)cc2)c2ccc3cc(C=C4C(=O)c5cc6ccccc6cc5C4=O)ccc3c21. The molecule has 1 aliphatic carbocycles. The van der Waals surface area contributed by atoms with Crippen LogP contribution in [-0.4, -0.2) is 11.6 Å². The van der Waals surface area contributed by atoms with E-state index in [1.807, 2.05) is 42.5 Å². The smallest absolute Gasteiger partial charge is 0.197 e. The maximum atomic E-state index is 13.4. The van der Waals surface area contributed by atoms with Crippen molar-refractivity contribution in [3.05, 3.63) is 154 Å². The van der Waals surface area contributed by atoms with Gasteiger partial charge in [-0.2, -0.15) is 12.6 Å². The Morgan fingerprint density at radius 3 is 2.02 bits per heavy atom. The molecule has 2 aliphatic rings. The third-order valence-corrected chi connectivity index (χ3v) is 9.62. The van der Waals surface area contributed by atoms with E-state index in [1.54, 1.807) is 6.08 Å². The Balaban J connectivity index is 1.26. The number of allylic oxidation sites excluding steroid dienone is 1. The highest BCUT2D eigenvalue weighted by molar-refractivity contribution is 7.79. The first-order valence-electron chi connectivity index (χ1n) is 14.9. The van der Waals surface area contributed by atoms with Crippen LogP contribution in [0, 0.1) is 0 Å². The van der Waals surface area contributed by atoms with Crippen molar-refractivity contribution in [1.29, 1.82) is 0 Å². The van der Waals surface area contributed by atoms with Crippen molar-refractivity contribution >= 4 is 68.9 Å². The van der Waals surface area contributed by atoms with Crippen LogP contribution in [0.5, 0.6) is 0 Å². The van der Waals surface area contributed by atoms with Gasteiger partial charge in [0.2, 0.25) is 0 Å². The second kappa shape index (κ2) is 9.80. The largest absolute Gasteiger partial charge is 0.310 e. The summed E-state index contributed by atoms with van der Waals surface area (Å²) in [7, 11) is 0. The second-order valence-electron chi connectivity index (χ2n) is 12.2. The molecule has 4 heteroatoms. The number of rotatable bonds is 3. The molecule has 0 atom stereocenters. The van der Waals surface area contributed by atoms with E-state index in [0.717, 1.165) is 38.5 Å². The Hall–Kier alpha value is -4.93. The van der Waals surface area contributed by atoms with Crippen molar-refractivity contribution in [3.8, 4) is 0 Å². The lowest BCUT2D eigenvalue weighted by Crippen LogP contribution is -2.30. The highest BCUT2D eigenvalue weighted by Crippen LogP contribution is 2.53. The monoisotopic (exact) mass is 587 g/mol. The fourth-order valence-electron chi connectivity index (χ4n) is 7.07. The first-order chi connectivity index (χ1) is 21.3. The van der Waals surface area contributed by atoms with Crippen LogP contribution in [0.1, 0.15) is 56.8 Å². The number of Topliss-reactive ketones (excluding diaryl/α,β-unsaturated/α-hetero) is 2. The zero-order valence-electron chi connectivity index (χ0n) is 24.5. The van der Waals surface area contributed by atoms with E-state index in [-0.39, 0.29) is 22.6 Å². The molecule has 0 amide bonds. The molecule has 0 saturated heterocycles. The highest BCUT2D eigenvalue weighted by Gasteiger charge is 2.38. The van der Waals surface area contributed by atoms with Crippen molar-refractivity contribution in [2.45, 2.75) is 25.0 Å². The molecule has 0 saturated carbocycles. The Morgan fingerprint density at radius 2 is 1.34 bits per heavy atom. The summed E-state index contributed by atoms with van der Waals surface area (Å²) in [4.78, 5) is 29.2. The molecule has 8 rings (SSSR count). The van der Waals surface area contributed by atoms with Gasteiger partial charge in [-0.25, -0.2) is 0 Å². The van der Waals surface area contributed by atoms with E-state index in [9.17, 15) is 9.59 Å². The van der Waals surface area contributed by atoms with Gasteiger partial charge in [-0.1, -0.05) is 86.6 Å². The topological polar surface area (TPSA) is 37.4 Å². The van der Waals surface area contributed by atoms with Crippen molar-refractivity contribution < 1.29 is 9.59 Å². The predicted molar refractivity (Wildman–Crippen MR) is 184 cm³/mol. The molecule has 0 N–H and O–H groups in total. The minimum absolute atomic E-state index is 0.210. The molecule has 44 heavy (non-hydrogen) atoms. The van der Waals surface area contributed by atoms with E-state index < -0.39 is 0 Å². The molecule has 0 radical (unpaired) electrons. The van der Waals surface area contributed by atoms with E-state index >= 15 is 0 Å². The summed E-state index contributed by atoms with van der Waals surface area (Å²) in [6.45, 7) is 4.58. The molecular weight excluding hydrogens is 559 g/mol. The van der Waals surface area contributed by atoms with Gasteiger partial charge in [-0.05, 0) is 92.3 Å². The fourth-order valence-corrected chi connectivity index (χ4v) is 7.28. The number of ketones is 2. The summed E-state index contributed by atoms with van der Waals surface area (Å²) in [5, 5.41) is 4.14. The van der Waals surface area contributed by atoms with E-state index in [4.69, 9.17) is 0 Å². The third kappa shape index (κ3) is 3.91. The molecule has 212 valence electrons. The molecule has 6 aromatic carbocycles. The standard InChI is InChI=1S/C40H29NO2S/c1-40(2)34-9-5-6-10-35(34)41(29-15-11-24(23-44)12-16-29)36-18-14-28-19-25(13-17-30(28)37(36)40)20-33-38(42)31-21-26-7-3-4-8-27(26)22-32(31)39(33)43/h3-22,44H,23H2,1-2H3. The average molecular weight is 588 g/mol. The molecular formula is C40H29NO2S. The number of anilines is 3. The van der Waals surface area contributed by atoms with Crippen molar-refractivity contribution in [1.82, 2.24) is 0 Å². The number of benzene rings is 6. The third-order valence-electron chi connectivity index (χ3n) is 9.26. The molecule has 1 heterocycles. The summed E-state index contributed by atoms with van der Waals surface area (Å²) >= 11 is 4.45. The lowest BCUT2D eigenvalue weighted by Gasteiger charge is -2.42. The van der Waals surface area contributed by atoms with E-state index in [0.29, 0.717) is 16.9 Å². The van der Waals surface area contributed by atoms with Crippen molar-refractivity contribution in [2.24, 2.45) is 0 Å².